The molecular formula is C26H20Cl2N4O2S2. The fourth-order valence-electron chi connectivity index (χ4n) is 3.00. The normalized spacial score (nSPS) is 11.5. The van der Waals surface area contributed by atoms with Gasteiger partial charge in [-0.05, 0) is 60.7 Å². The highest BCUT2D eigenvalue weighted by Crippen LogP contribution is 2.37. The molecule has 0 heterocycles. The second kappa shape index (κ2) is 12.8. The Hall–Kier alpha value is -3.04. The van der Waals surface area contributed by atoms with E-state index in [0.29, 0.717) is 32.8 Å². The average molecular weight is 556 g/mol. The van der Waals surface area contributed by atoms with Crippen LogP contribution in [-0.4, -0.2) is 21.7 Å². The molecule has 0 radical (unpaired) electrons. The Balaban J connectivity index is 1.38. The molecule has 0 spiro atoms. The minimum atomic E-state index is 0.0195. The maximum atomic E-state index is 9.96. The molecule has 0 saturated carbocycles. The van der Waals surface area contributed by atoms with Gasteiger partial charge < -0.3 is 10.2 Å². The smallest absolute Gasteiger partial charge is 0.143 e. The molecule has 0 aliphatic heterocycles. The largest absolute Gasteiger partial charge is 0.506 e. The molecule has 0 bridgehead atoms. The molecule has 2 N–H and O–H groups in total. The van der Waals surface area contributed by atoms with Crippen molar-refractivity contribution in [3.63, 3.8) is 0 Å². The van der Waals surface area contributed by atoms with Gasteiger partial charge in [0, 0.05) is 31.3 Å². The van der Waals surface area contributed by atoms with Gasteiger partial charge in [-0.15, -0.1) is 44.0 Å². The summed E-state index contributed by atoms with van der Waals surface area (Å²) in [7, 11) is 0. The lowest BCUT2D eigenvalue weighted by molar-refractivity contribution is 0.476. The van der Waals surface area contributed by atoms with Gasteiger partial charge in [-0.2, -0.15) is 0 Å². The molecule has 4 rings (SSSR count). The van der Waals surface area contributed by atoms with Gasteiger partial charge in [0.2, 0.25) is 0 Å². The summed E-state index contributed by atoms with van der Waals surface area (Å²) in [4.78, 5) is 1.96. The van der Waals surface area contributed by atoms with E-state index in [1.807, 2.05) is 48.5 Å². The zero-order chi connectivity index (χ0) is 25.3. The van der Waals surface area contributed by atoms with E-state index in [2.05, 4.69) is 20.5 Å². The summed E-state index contributed by atoms with van der Waals surface area (Å²) in [5, 5.41) is 37.8. The van der Waals surface area contributed by atoms with Crippen molar-refractivity contribution in [1.82, 2.24) is 0 Å². The Bertz CT molecular complexity index is 1310. The summed E-state index contributed by atoms with van der Waals surface area (Å²) in [5.41, 5.74) is 2.05. The number of rotatable bonds is 9. The van der Waals surface area contributed by atoms with Crippen LogP contribution in [0.15, 0.2) is 115 Å². The first-order valence-electron chi connectivity index (χ1n) is 10.7. The third-order valence-corrected chi connectivity index (χ3v) is 7.59. The van der Waals surface area contributed by atoms with Gasteiger partial charge in [-0.25, -0.2) is 0 Å². The number of benzene rings is 4. The second-order valence-electron chi connectivity index (χ2n) is 7.30. The number of nitrogens with zero attached hydrogens (tertiary/aromatic N) is 4. The zero-order valence-electron chi connectivity index (χ0n) is 18.8. The van der Waals surface area contributed by atoms with Gasteiger partial charge in [0.15, 0.2) is 0 Å². The van der Waals surface area contributed by atoms with Crippen LogP contribution in [0.4, 0.5) is 22.7 Å². The summed E-state index contributed by atoms with van der Waals surface area (Å²) >= 11 is 15.3. The average Bonchev–Trinajstić information content (AvgIpc) is 2.89. The molecule has 0 aliphatic rings. The predicted molar refractivity (Wildman–Crippen MR) is 149 cm³/mol. The lowest BCUT2D eigenvalue weighted by Crippen LogP contribution is -1.85. The molecule has 0 saturated heterocycles. The Morgan fingerprint density at radius 1 is 0.528 bits per heavy atom. The highest BCUT2D eigenvalue weighted by molar-refractivity contribution is 8.03. The van der Waals surface area contributed by atoms with Crippen LogP contribution < -0.4 is 0 Å². The molecule has 10 heteroatoms. The van der Waals surface area contributed by atoms with E-state index in [0.717, 1.165) is 21.3 Å². The fourth-order valence-corrected chi connectivity index (χ4v) is 5.30. The van der Waals surface area contributed by atoms with Crippen LogP contribution in [0.3, 0.4) is 0 Å². The SMILES string of the molecule is Oc1ccc(Cl)cc1N=Nc1ccccc1SCCSc1ccccc1N=Nc1cc(Cl)ccc1O. The standard InChI is InChI=1S/C26H20Cl2N4O2S2/c27-17-9-11-23(33)21(15-17)31-29-19-5-1-3-7-25(19)35-13-14-36-26-8-4-2-6-20(26)30-32-22-16-18(28)10-12-24(22)34/h1-12,15-16,33-34H,13-14H2. The van der Waals surface area contributed by atoms with Crippen LogP contribution in [0.5, 0.6) is 11.5 Å². The number of thioether (sulfide) groups is 2. The molecule has 0 amide bonds. The Kier molecular flexibility index (Phi) is 9.24. The molecule has 0 aromatic heterocycles. The van der Waals surface area contributed by atoms with Crippen molar-refractivity contribution in [3.8, 4) is 11.5 Å². The Morgan fingerprint density at radius 2 is 0.917 bits per heavy atom. The third-order valence-electron chi connectivity index (χ3n) is 4.73. The van der Waals surface area contributed by atoms with E-state index in [9.17, 15) is 10.2 Å². The Labute approximate surface area is 227 Å². The number of hydrogen-bond acceptors (Lipinski definition) is 8. The third kappa shape index (κ3) is 7.24. The van der Waals surface area contributed by atoms with E-state index in [1.54, 1.807) is 47.8 Å². The van der Waals surface area contributed by atoms with Gasteiger partial charge in [0.05, 0.1) is 11.4 Å². The van der Waals surface area contributed by atoms with Crippen molar-refractivity contribution in [2.45, 2.75) is 9.79 Å². The number of azo groups is 2. The molecule has 4 aromatic carbocycles. The molecule has 4 aromatic rings. The highest BCUT2D eigenvalue weighted by atomic mass is 35.5. The maximum absolute atomic E-state index is 9.96. The van der Waals surface area contributed by atoms with Crippen molar-refractivity contribution in [1.29, 1.82) is 0 Å². The van der Waals surface area contributed by atoms with Crippen molar-refractivity contribution in [3.05, 3.63) is 95.0 Å². The number of halogens is 2. The molecule has 0 atom stereocenters. The van der Waals surface area contributed by atoms with Crippen molar-refractivity contribution in [2.24, 2.45) is 20.5 Å². The van der Waals surface area contributed by atoms with E-state index >= 15 is 0 Å². The molecule has 6 nitrogen and oxygen atoms in total. The van der Waals surface area contributed by atoms with E-state index < -0.39 is 0 Å². The fraction of sp³-hybridized carbons (Fsp3) is 0.0769. The molecule has 0 fully saturated rings. The summed E-state index contributed by atoms with van der Waals surface area (Å²) < 4.78 is 0. The lowest BCUT2D eigenvalue weighted by Gasteiger charge is -2.07. The molecule has 182 valence electrons. The lowest BCUT2D eigenvalue weighted by atomic mass is 10.3. The number of hydrogen-bond donors (Lipinski definition) is 2. The van der Waals surface area contributed by atoms with Crippen LogP contribution in [-0.2, 0) is 0 Å². The van der Waals surface area contributed by atoms with E-state index in [1.165, 1.54) is 12.1 Å². The van der Waals surface area contributed by atoms with Gasteiger partial charge in [0.25, 0.3) is 0 Å². The van der Waals surface area contributed by atoms with Crippen LogP contribution in [0, 0.1) is 0 Å². The topological polar surface area (TPSA) is 89.9 Å². The minimum absolute atomic E-state index is 0.0195. The summed E-state index contributed by atoms with van der Waals surface area (Å²) in [6.45, 7) is 0. The maximum Gasteiger partial charge on any atom is 0.143 e. The van der Waals surface area contributed by atoms with Crippen molar-refractivity contribution >= 4 is 69.5 Å². The summed E-state index contributed by atoms with van der Waals surface area (Å²) in [6, 6.07) is 24.7. The van der Waals surface area contributed by atoms with Crippen LogP contribution in [0.1, 0.15) is 0 Å². The van der Waals surface area contributed by atoms with Crippen molar-refractivity contribution < 1.29 is 10.2 Å². The first-order chi connectivity index (χ1) is 17.5. The number of phenolic OH excluding ortho intramolecular Hbond substituents is 2. The second-order valence-corrected chi connectivity index (χ2v) is 10.4. The monoisotopic (exact) mass is 554 g/mol. The Morgan fingerprint density at radius 3 is 1.36 bits per heavy atom. The number of phenols is 2. The van der Waals surface area contributed by atoms with Gasteiger partial charge in [-0.3, -0.25) is 0 Å². The molecular weight excluding hydrogens is 535 g/mol. The van der Waals surface area contributed by atoms with E-state index in [4.69, 9.17) is 23.2 Å². The van der Waals surface area contributed by atoms with Gasteiger partial charge >= 0.3 is 0 Å². The van der Waals surface area contributed by atoms with E-state index in [-0.39, 0.29) is 11.5 Å². The predicted octanol–water partition coefficient (Wildman–Crippen LogP) is 10.1. The van der Waals surface area contributed by atoms with Gasteiger partial charge in [0.1, 0.15) is 22.9 Å². The minimum Gasteiger partial charge on any atom is -0.506 e. The van der Waals surface area contributed by atoms with Crippen molar-refractivity contribution in [2.75, 3.05) is 11.5 Å². The van der Waals surface area contributed by atoms with Crippen LogP contribution >= 0.6 is 46.7 Å². The molecule has 0 unspecified atom stereocenters. The van der Waals surface area contributed by atoms with Crippen LogP contribution in [0.25, 0.3) is 0 Å². The summed E-state index contributed by atoms with van der Waals surface area (Å²) in [5.74, 6) is 1.68. The number of aromatic hydroxyl groups is 2. The zero-order valence-corrected chi connectivity index (χ0v) is 21.9. The first kappa shape index (κ1) is 26.0. The quantitative estimate of drug-likeness (QED) is 0.122. The summed E-state index contributed by atoms with van der Waals surface area (Å²) in [6.07, 6.45) is 0. The molecule has 0 aliphatic carbocycles. The highest BCUT2D eigenvalue weighted by Gasteiger charge is 2.07. The first-order valence-corrected chi connectivity index (χ1v) is 13.5. The molecule has 36 heavy (non-hydrogen) atoms. The van der Waals surface area contributed by atoms with Crippen LogP contribution in [0.2, 0.25) is 10.0 Å². The van der Waals surface area contributed by atoms with Gasteiger partial charge in [-0.1, -0.05) is 47.5 Å².